The lowest BCUT2D eigenvalue weighted by molar-refractivity contribution is 0.576. The molecule has 0 aliphatic heterocycles. The van der Waals surface area contributed by atoms with E-state index in [1.807, 2.05) is 0 Å². The van der Waals surface area contributed by atoms with Crippen molar-refractivity contribution in [3.05, 3.63) is 35.6 Å². The van der Waals surface area contributed by atoms with Gasteiger partial charge in [-0.25, -0.2) is 4.39 Å². The highest BCUT2D eigenvalue weighted by Crippen LogP contribution is 2.17. The lowest BCUT2D eigenvalue weighted by Gasteiger charge is -2.10. The van der Waals surface area contributed by atoms with Gasteiger partial charge < -0.3 is 5.73 Å². The molecule has 1 nitrogen and oxygen atoms in total. The van der Waals surface area contributed by atoms with Crippen molar-refractivity contribution >= 4 is 11.6 Å². The summed E-state index contributed by atoms with van der Waals surface area (Å²) in [6, 6.07) is 6.22. The van der Waals surface area contributed by atoms with Gasteiger partial charge >= 0.3 is 0 Å². The van der Waals surface area contributed by atoms with E-state index in [-0.39, 0.29) is 11.9 Å². The normalized spacial score (nSPS) is 12.9. The fourth-order valence-electron chi connectivity index (χ4n) is 1.05. The number of halogens is 2. The van der Waals surface area contributed by atoms with Crippen molar-refractivity contribution in [3.63, 3.8) is 0 Å². The molecule has 0 fully saturated rings. The number of hydrogen-bond acceptors (Lipinski definition) is 1. The minimum absolute atomic E-state index is 0.255. The smallest absolute Gasteiger partial charge is 0.127 e. The SMILES string of the molecule is NC(CCCl)c1ccccc1F. The Balaban J connectivity index is 2.79. The molecule has 0 spiro atoms. The van der Waals surface area contributed by atoms with E-state index >= 15 is 0 Å². The van der Waals surface area contributed by atoms with Crippen LogP contribution in [0.3, 0.4) is 0 Å². The number of benzene rings is 1. The van der Waals surface area contributed by atoms with Crippen LogP contribution in [0, 0.1) is 5.82 Å². The molecule has 0 aliphatic rings. The molecular weight excluding hydrogens is 177 g/mol. The summed E-state index contributed by atoms with van der Waals surface area (Å²) in [6.45, 7) is 0. The Labute approximate surface area is 76.3 Å². The van der Waals surface area contributed by atoms with Gasteiger partial charge in [-0.05, 0) is 12.5 Å². The highest BCUT2D eigenvalue weighted by atomic mass is 35.5. The Morgan fingerprint density at radius 2 is 2.08 bits per heavy atom. The second kappa shape index (κ2) is 4.43. The number of nitrogens with two attached hydrogens (primary N) is 1. The molecule has 0 heterocycles. The standard InChI is InChI=1S/C9H11ClFN/c10-6-5-9(12)7-3-1-2-4-8(7)11/h1-4,9H,5-6,12H2. The molecule has 0 radical (unpaired) electrons. The van der Waals surface area contributed by atoms with Crippen LogP contribution < -0.4 is 5.73 Å². The monoisotopic (exact) mass is 187 g/mol. The summed E-state index contributed by atoms with van der Waals surface area (Å²) < 4.78 is 13.0. The quantitative estimate of drug-likeness (QED) is 0.723. The van der Waals surface area contributed by atoms with Crippen LogP contribution >= 0.6 is 11.6 Å². The second-order valence-electron chi connectivity index (χ2n) is 2.61. The number of alkyl halides is 1. The van der Waals surface area contributed by atoms with Crippen molar-refractivity contribution in [2.24, 2.45) is 5.73 Å². The number of hydrogen-bond donors (Lipinski definition) is 1. The second-order valence-corrected chi connectivity index (χ2v) is 2.98. The zero-order chi connectivity index (χ0) is 8.97. The van der Waals surface area contributed by atoms with Crippen molar-refractivity contribution in [2.75, 3.05) is 5.88 Å². The van der Waals surface area contributed by atoms with Gasteiger partial charge in [-0.2, -0.15) is 0 Å². The van der Waals surface area contributed by atoms with Gasteiger partial charge in [-0.1, -0.05) is 18.2 Å². The fourth-order valence-corrected chi connectivity index (χ4v) is 1.28. The topological polar surface area (TPSA) is 26.0 Å². The summed E-state index contributed by atoms with van der Waals surface area (Å²) in [7, 11) is 0. The van der Waals surface area contributed by atoms with Gasteiger partial charge in [0.1, 0.15) is 5.82 Å². The molecule has 66 valence electrons. The Bertz CT molecular complexity index is 252. The summed E-state index contributed by atoms with van der Waals surface area (Å²) in [5, 5.41) is 0. The van der Waals surface area contributed by atoms with Crippen molar-refractivity contribution in [2.45, 2.75) is 12.5 Å². The summed E-state index contributed by atoms with van der Waals surface area (Å²) in [5.74, 6) is 0.199. The zero-order valence-electron chi connectivity index (χ0n) is 6.63. The maximum atomic E-state index is 13.0. The maximum absolute atomic E-state index is 13.0. The summed E-state index contributed by atoms with van der Waals surface area (Å²) >= 11 is 5.50. The van der Waals surface area contributed by atoms with Gasteiger partial charge in [-0.15, -0.1) is 11.6 Å². The Hall–Kier alpha value is -0.600. The highest BCUT2D eigenvalue weighted by molar-refractivity contribution is 6.17. The van der Waals surface area contributed by atoms with Crippen LogP contribution in [0.1, 0.15) is 18.0 Å². The van der Waals surface area contributed by atoms with Gasteiger partial charge in [0.05, 0.1) is 0 Å². The summed E-state index contributed by atoms with van der Waals surface area (Å²) in [6.07, 6.45) is 0.600. The first-order valence-corrected chi connectivity index (χ1v) is 4.35. The molecule has 1 atom stereocenters. The molecule has 0 aromatic heterocycles. The lowest BCUT2D eigenvalue weighted by Crippen LogP contribution is -2.12. The van der Waals surface area contributed by atoms with Crippen LogP contribution in [0.2, 0.25) is 0 Å². The maximum Gasteiger partial charge on any atom is 0.127 e. The molecule has 1 aromatic carbocycles. The lowest BCUT2D eigenvalue weighted by atomic mass is 10.1. The minimum Gasteiger partial charge on any atom is -0.324 e. The largest absolute Gasteiger partial charge is 0.324 e. The average Bonchev–Trinajstić information content (AvgIpc) is 2.05. The van der Waals surface area contributed by atoms with Gasteiger partial charge in [-0.3, -0.25) is 0 Å². The van der Waals surface area contributed by atoms with E-state index in [0.717, 1.165) is 0 Å². The van der Waals surface area contributed by atoms with Crippen LogP contribution in [0.5, 0.6) is 0 Å². The molecule has 1 aromatic rings. The van der Waals surface area contributed by atoms with Crippen molar-refractivity contribution in [1.29, 1.82) is 0 Å². The fraction of sp³-hybridized carbons (Fsp3) is 0.333. The molecule has 2 N–H and O–H groups in total. The van der Waals surface area contributed by atoms with E-state index in [1.165, 1.54) is 6.07 Å². The Morgan fingerprint density at radius 1 is 1.42 bits per heavy atom. The summed E-state index contributed by atoms with van der Waals surface area (Å²) in [5.41, 5.74) is 6.22. The number of rotatable bonds is 3. The van der Waals surface area contributed by atoms with E-state index in [2.05, 4.69) is 0 Å². The van der Waals surface area contributed by atoms with Gasteiger partial charge in [0.2, 0.25) is 0 Å². The average molecular weight is 188 g/mol. The van der Waals surface area contributed by atoms with Crippen LogP contribution in [-0.4, -0.2) is 5.88 Å². The Morgan fingerprint density at radius 3 is 2.67 bits per heavy atom. The molecule has 0 saturated carbocycles. The van der Waals surface area contributed by atoms with Crippen LogP contribution in [0.15, 0.2) is 24.3 Å². The molecule has 1 unspecified atom stereocenters. The van der Waals surface area contributed by atoms with Crippen molar-refractivity contribution < 1.29 is 4.39 Å². The minimum atomic E-state index is -0.288. The molecule has 0 saturated heterocycles. The highest BCUT2D eigenvalue weighted by Gasteiger charge is 2.08. The third-order valence-corrected chi connectivity index (χ3v) is 1.94. The first kappa shape index (κ1) is 9.49. The van der Waals surface area contributed by atoms with E-state index in [0.29, 0.717) is 17.9 Å². The third-order valence-electron chi connectivity index (χ3n) is 1.72. The molecule has 3 heteroatoms. The van der Waals surface area contributed by atoms with Gasteiger partial charge in [0.25, 0.3) is 0 Å². The zero-order valence-corrected chi connectivity index (χ0v) is 7.39. The first-order valence-electron chi connectivity index (χ1n) is 3.81. The molecular formula is C9H11ClFN. The van der Waals surface area contributed by atoms with E-state index in [1.54, 1.807) is 18.2 Å². The van der Waals surface area contributed by atoms with E-state index in [9.17, 15) is 4.39 Å². The van der Waals surface area contributed by atoms with Crippen molar-refractivity contribution in [3.8, 4) is 0 Å². The third kappa shape index (κ3) is 2.19. The Kier molecular flexibility index (Phi) is 3.50. The molecule has 0 aliphatic carbocycles. The predicted molar refractivity (Wildman–Crippen MR) is 48.7 cm³/mol. The van der Waals surface area contributed by atoms with Crippen LogP contribution in [0.4, 0.5) is 4.39 Å². The first-order chi connectivity index (χ1) is 5.75. The summed E-state index contributed by atoms with van der Waals surface area (Å²) in [4.78, 5) is 0. The molecule has 0 amide bonds. The van der Waals surface area contributed by atoms with Crippen LogP contribution in [-0.2, 0) is 0 Å². The van der Waals surface area contributed by atoms with Gasteiger partial charge in [0.15, 0.2) is 0 Å². The molecule has 12 heavy (non-hydrogen) atoms. The van der Waals surface area contributed by atoms with Gasteiger partial charge in [0, 0.05) is 17.5 Å². The van der Waals surface area contributed by atoms with E-state index in [4.69, 9.17) is 17.3 Å². The molecule has 0 bridgehead atoms. The van der Waals surface area contributed by atoms with E-state index < -0.39 is 0 Å². The predicted octanol–water partition coefficient (Wildman–Crippen LogP) is 2.45. The molecule has 1 rings (SSSR count). The van der Waals surface area contributed by atoms with Crippen LogP contribution in [0.25, 0.3) is 0 Å². The van der Waals surface area contributed by atoms with Crippen molar-refractivity contribution in [1.82, 2.24) is 0 Å².